The average molecular weight is 504 g/mol. The summed E-state index contributed by atoms with van der Waals surface area (Å²) in [5, 5.41) is 21.1. The third kappa shape index (κ3) is 16.5. The molecule has 9 nitrogen and oxygen atoms in total. The Bertz CT molecular complexity index is 590. The fourth-order valence-corrected chi connectivity index (χ4v) is 1.13. The summed E-state index contributed by atoms with van der Waals surface area (Å²) in [7, 11) is 0. The van der Waals surface area contributed by atoms with Crippen LogP contribution in [0.2, 0.25) is 0 Å². The first kappa shape index (κ1) is 31.0. The number of aromatic nitrogens is 1. The summed E-state index contributed by atoms with van der Waals surface area (Å²) in [5.74, 6) is 0. The van der Waals surface area contributed by atoms with Crippen molar-refractivity contribution in [3.63, 3.8) is 0 Å². The Morgan fingerprint density at radius 3 is 1.39 bits per heavy atom. The van der Waals surface area contributed by atoms with Gasteiger partial charge in [0.15, 0.2) is 0 Å². The molecule has 0 fully saturated rings. The van der Waals surface area contributed by atoms with E-state index in [1.807, 2.05) is 12.4 Å². The minimum absolute atomic E-state index is 0.201. The van der Waals surface area contributed by atoms with Gasteiger partial charge in [-0.15, -0.1) is 21.2 Å². The zero-order valence-corrected chi connectivity index (χ0v) is 19.6. The molecule has 28 heavy (non-hydrogen) atoms. The Morgan fingerprint density at radius 2 is 1.25 bits per heavy atom. The molecule has 0 unspecified atom stereocenters. The molecule has 0 saturated carbocycles. The third-order valence-electron chi connectivity index (χ3n) is 3.17. The van der Waals surface area contributed by atoms with Crippen LogP contribution in [0.3, 0.4) is 0 Å². The normalized spacial score (nSPS) is 11.4. The van der Waals surface area contributed by atoms with Gasteiger partial charge in [-0.05, 0) is 47.3 Å². The molecule has 0 aliphatic carbocycles. The van der Waals surface area contributed by atoms with Gasteiger partial charge in [0.05, 0.1) is 11.4 Å². The van der Waals surface area contributed by atoms with E-state index in [2.05, 4.69) is 87.3 Å². The van der Waals surface area contributed by atoms with Crippen LogP contribution in [0, 0.1) is 9.81 Å². The van der Waals surface area contributed by atoms with Crippen molar-refractivity contribution in [2.45, 2.75) is 53.9 Å². The van der Waals surface area contributed by atoms with E-state index in [4.69, 9.17) is 10.4 Å². The summed E-state index contributed by atoms with van der Waals surface area (Å²) in [6, 6.07) is 4.11. The summed E-state index contributed by atoms with van der Waals surface area (Å²) in [5.41, 5.74) is 7.98. The van der Waals surface area contributed by atoms with Crippen LogP contribution in [0.25, 0.3) is 11.0 Å². The molecule has 1 aromatic rings. The van der Waals surface area contributed by atoms with Crippen molar-refractivity contribution in [3.05, 3.63) is 73.7 Å². The van der Waals surface area contributed by atoms with E-state index < -0.39 is 0 Å². The Morgan fingerprint density at radius 1 is 0.929 bits per heavy atom. The van der Waals surface area contributed by atoms with Crippen LogP contribution in [-0.4, -0.2) is 15.4 Å². The SMILES string of the molecule is C/C(N=O)=C(\C)[N-]O.C/C(N=O)=C(\C)[N-]O.CC(C)(C)c1ccncc1.[Co+2][Br]. The molecular formula is C17H27BrCoN5O4. The van der Waals surface area contributed by atoms with Crippen molar-refractivity contribution in [2.24, 2.45) is 10.4 Å². The monoisotopic (exact) mass is 503 g/mol. The molecule has 2 N–H and O–H groups in total. The van der Waals surface area contributed by atoms with Gasteiger partial charge in [-0.2, -0.15) is 0 Å². The molecule has 1 aromatic heterocycles. The molecule has 0 spiro atoms. The van der Waals surface area contributed by atoms with Gasteiger partial charge in [0.25, 0.3) is 0 Å². The average Bonchev–Trinajstić information content (AvgIpc) is 2.73. The van der Waals surface area contributed by atoms with E-state index in [1.54, 1.807) is 0 Å². The summed E-state index contributed by atoms with van der Waals surface area (Å²) in [6.45, 7) is 12.5. The van der Waals surface area contributed by atoms with Crippen molar-refractivity contribution >= 4 is 14.2 Å². The van der Waals surface area contributed by atoms with Crippen LogP contribution in [0.1, 0.15) is 54.0 Å². The number of rotatable bonds is 4. The molecule has 160 valence electrons. The van der Waals surface area contributed by atoms with Crippen molar-refractivity contribution in [1.29, 1.82) is 0 Å². The topological polar surface area (TPSA) is 140 Å². The molecule has 0 aliphatic heterocycles. The van der Waals surface area contributed by atoms with Gasteiger partial charge in [0, 0.05) is 12.4 Å². The molecule has 1 rings (SSSR count). The zero-order chi connectivity index (χ0) is 22.8. The van der Waals surface area contributed by atoms with Crippen LogP contribution < -0.4 is 0 Å². The number of halogens is 1. The molecule has 0 radical (unpaired) electrons. The molecule has 0 saturated heterocycles. The fourth-order valence-electron chi connectivity index (χ4n) is 1.13. The van der Waals surface area contributed by atoms with E-state index in [0.717, 1.165) is 0 Å². The Hall–Kier alpha value is -1.66. The predicted molar refractivity (Wildman–Crippen MR) is 110 cm³/mol. The van der Waals surface area contributed by atoms with E-state index in [0.29, 0.717) is 0 Å². The van der Waals surface area contributed by atoms with Gasteiger partial charge in [0.1, 0.15) is 0 Å². The van der Waals surface area contributed by atoms with E-state index in [-0.39, 0.29) is 28.2 Å². The molecule has 0 aliphatic rings. The van der Waals surface area contributed by atoms with Crippen LogP contribution in [0.5, 0.6) is 0 Å². The molecule has 0 amide bonds. The zero-order valence-electron chi connectivity index (χ0n) is 17.0. The van der Waals surface area contributed by atoms with Crippen LogP contribution in [0.15, 0.2) is 57.7 Å². The number of nitrogens with zero attached hydrogens (tertiary/aromatic N) is 5. The Balaban J connectivity index is -0.000000324. The van der Waals surface area contributed by atoms with Crippen molar-refractivity contribution < 1.29 is 24.4 Å². The second kappa shape index (κ2) is 18.7. The van der Waals surface area contributed by atoms with Crippen molar-refractivity contribution in [1.82, 2.24) is 4.98 Å². The summed E-state index contributed by atoms with van der Waals surface area (Å²) >= 11 is 6.00. The van der Waals surface area contributed by atoms with Gasteiger partial charge < -0.3 is 21.4 Å². The fraction of sp³-hybridized carbons (Fsp3) is 0.471. The number of hydrogen-bond donors (Lipinski definition) is 2. The quantitative estimate of drug-likeness (QED) is 0.345. The van der Waals surface area contributed by atoms with E-state index in [9.17, 15) is 9.81 Å². The van der Waals surface area contributed by atoms with Gasteiger partial charge in [-0.25, -0.2) is 0 Å². The summed E-state index contributed by atoms with van der Waals surface area (Å²) in [4.78, 5) is 23.2. The molecule has 0 aromatic carbocycles. The van der Waals surface area contributed by atoms with Crippen molar-refractivity contribution in [3.8, 4) is 0 Å². The molecule has 1 heterocycles. The number of nitroso groups, excluding NO2 is 2. The van der Waals surface area contributed by atoms with Crippen LogP contribution in [0.4, 0.5) is 0 Å². The molecule has 11 heteroatoms. The minimum atomic E-state index is 0.201. The number of pyridine rings is 1. The third-order valence-corrected chi connectivity index (χ3v) is 3.17. The summed E-state index contributed by atoms with van der Waals surface area (Å²) < 4.78 is 0. The summed E-state index contributed by atoms with van der Waals surface area (Å²) in [6.07, 6.45) is 3.67. The number of hydroxylamine groups is 2. The first-order valence-electron chi connectivity index (χ1n) is 7.80. The van der Waals surface area contributed by atoms with Gasteiger partial charge >= 0.3 is 28.1 Å². The first-order chi connectivity index (χ1) is 13.0. The first-order valence-corrected chi connectivity index (χ1v) is 10.4. The van der Waals surface area contributed by atoms with E-state index >= 15 is 0 Å². The van der Waals surface area contributed by atoms with Gasteiger partial charge in [-0.3, -0.25) is 4.98 Å². The van der Waals surface area contributed by atoms with Gasteiger partial charge in [0.2, 0.25) is 0 Å². The second-order valence-corrected chi connectivity index (χ2v) is 6.21. The van der Waals surface area contributed by atoms with Crippen molar-refractivity contribution in [2.75, 3.05) is 0 Å². The van der Waals surface area contributed by atoms with Crippen LogP contribution >= 0.6 is 14.2 Å². The Labute approximate surface area is 181 Å². The number of allylic oxidation sites excluding steroid dienone is 4. The maximum atomic E-state index is 9.63. The Kier molecular flexibility index (Phi) is 20.7. The number of hydrogen-bond acceptors (Lipinski definition) is 7. The second-order valence-electron chi connectivity index (χ2n) is 6.21. The molecular weight excluding hydrogens is 477 g/mol. The molecule has 0 bridgehead atoms. The van der Waals surface area contributed by atoms with Crippen LogP contribution in [-0.2, 0) is 19.4 Å². The predicted octanol–water partition coefficient (Wildman–Crippen LogP) is 6.76. The standard InChI is InChI=1S/C9H13N.2C4H8N2O2.BrH.Co/c1-9(2,3)8-4-6-10-7-5-8;2*1-3(5-7)4(2)6-8;;/h4-7H,1-3H3;2*1-2H3,(H2,5,6,7,8);1H;/q;;;;+3/p-3. The molecule has 0 atom stereocenters. The van der Waals surface area contributed by atoms with Gasteiger partial charge in [-0.1, -0.05) is 34.6 Å². The maximum absolute atomic E-state index is 9.63. The van der Waals surface area contributed by atoms with E-state index in [1.165, 1.54) is 33.3 Å².